The van der Waals surface area contributed by atoms with Crippen molar-refractivity contribution in [2.24, 2.45) is 4.99 Å². The number of amides is 1. The highest BCUT2D eigenvalue weighted by atomic mass is 32.1. The van der Waals surface area contributed by atoms with Gasteiger partial charge in [0, 0.05) is 18.7 Å². The second-order valence-corrected chi connectivity index (χ2v) is 7.45. The van der Waals surface area contributed by atoms with Gasteiger partial charge in [0.25, 0.3) is 5.91 Å². The van der Waals surface area contributed by atoms with E-state index < -0.39 is 0 Å². The zero-order valence-corrected chi connectivity index (χ0v) is 16.5. The molecule has 0 saturated heterocycles. The summed E-state index contributed by atoms with van der Waals surface area (Å²) in [7, 11) is 1.63. The lowest BCUT2D eigenvalue weighted by Crippen LogP contribution is -2.17. The van der Waals surface area contributed by atoms with Crippen molar-refractivity contribution in [1.82, 2.24) is 4.57 Å². The van der Waals surface area contributed by atoms with Gasteiger partial charge in [-0.05, 0) is 24.1 Å². The van der Waals surface area contributed by atoms with Crippen LogP contribution in [0.4, 0.5) is 0 Å². The Morgan fingerprint density at radius 3 is 2.82 bits per heavy atom. The predicted octanol–water partition coefficient (Wildman–Crippen LogP) is 3.60. The Kier molecular flexibility index (Phi) is 4.92. The van der Waals surface area contributed by atoms with Crippen LogP contribution in [0.15, 0.2) is 48.0 Å². The molecule has 7 heteroatoms. The van der Waals surface area contributed by atoms with Crippen molar-refractivity contribution in [1.29, 1.82) is 0 Å². The van der Waals surface area contributed by atoms with Crippen LogP contribution in [0.5, 0.6) is 17.2 Å². The van der Waals surface area contributed by atoms with E-state index in [1.165, 1.54) is 11.3 Å². The maximum atomic E-state index is 12.6. The summed E-state index contributed by atoms with van der Waals surface area (Å²) in [5.74, 6) is 2.02. The number of rotatable bonds is 5. The van der Waals surface area contributed by atoms with Crippen molar-refractivity contribution in [2.45, 2.75) is 19.9 Å². The molecule has 28 heavy (non-hydrogen) atoms. The molecule has 0 radical (unpaired) electrons. The van der Waals surface area contributed by atoms with Crippen molar-refractivity contribution in [3.05, 3.63) is 58.9 Å². The van der Waals surface area contributed by atoms with Gasteiger partial charge in [-0.1, -0.05) is 29.5 Å². The number of methoxy groups -OCH3 is 1. The monoisotopic (exact) mass is 396 g/mol. The minimum atomic E-state index is -0.200. The lowest BCUT2D eigenvalue weighted by atomic mass is 10.1. The van der Waals surface area contributed by atoms with E-state index in [9.17, 15) is 4.79 Å². The van der Waals surface area contributed by atoms with E-state index in [0.717, 1.165) is 27.1 Å². The molecular formula is C21H20N2O4S. The third-order valence-electron chi connectivity index (χ3n) is 4.52. The lowest BCUT2D eigenvalue weighted by Gasteiger charge is -2.06. The molecule has 0 fully saturated rings. The zero-order valence-electron chi connectivity index (χ0n) is 15.7. The average Bonchev–Trinajstić information content (AvgIpc) is 3.24. The van der Waals surface area contributed by atoms with Crippen LogP contribution >= 0.6 is 11.3 Å². The van der Waals surface area contributed by atoms with E-state index in [1.54, 1.807) is 13.2 Å². The molecule has 3 aromatic rings. The van der Waals surface area contributed by atoms with Gasteiger partial charge >= 0.3 is 0 Å². The number of aryl methyl sites for hydroxylation is 1. The van der Waals surface area contributed by atoms with Crippen LogP contribution in [-0.4, -0.2) is 24.4 Å². The third kappa shape index (κ3) is 3.41. The fourth-order valence-electron chi connectivity index (χ4n) is 3.22. The first kappa shape index (κ1) is 18.3. The maximum Gasteiger partial charge on any atom is 0.252 e. The minimum Gasteiger partial charge on any atom is -0.496 e. The molecule has 144 valence electrons. The molecule has 0 spiro atoms. The maximum absolute atomic E-state index is 12.6. The van der Waals surface area contributed by atoms with Gasteiger partial charge in [0.2, 0.25) is 6.79 Å². The van der Waals surface area contributed by atoms with Crippen LogP contribution in [0.2, 0.25) is 0 Å². The predicted molar refractivity (Wildman–Crippen MR) is 108 cm³/mol. The number of carbonyl (C=O) groups excluding carboxylic acids is 1. The summed E-state index contributed by atoms with van der Waals surface area (Å²) in [6.45, 7) is 6.55. The molecule has 0 bridgehead atoms. The highest BCUT2D eigenvalue weighted by Gasteiger charge is 2.17. The van der Waals surface area contributed by atoms with Gasteiger partial charge in [0.05, 0.1) is 23.7 Å². The van der Waals surface area contributed by atoms with E-state index in [-0.39, 0.29) is 19.1 Å². The lowest BCUT2D eigenvalue weighted by molar-refractivity contribution is -0.117. The number of hydrogen-bond donors (Lipinski definition) is 0. The van der Waals surface area contributed by atoms with Crippen molar-refractivity contribution < 1.29 is 19.0 Å². The molecule has 1 aromatic heterocycles. The van der Waals surface area contributed by atoms with Crippen molar-refractivity contribution in [3.8, 4) is 17.2 Å². The van der Waals surface area contributed by atoms with Gasteiger partial charge in [0.15, 0.2) is 16.3 Å². The molecule has 0 aliphatic carbocycles. The van der Waals surface area contributed by atoms with Crippen LogP contribution in [0.25, 0.3) is 10.2 Å². The summed E-state index contributed by atoms with van der Waals surface area (Å²) in [5, 5.41) is 0. The summed E-state index contributed by atoms with van der Waals surface area (Å²) in [6, 6.07) is 9.57. The van der Waals surface area contributed by atoms with E-state index in [4.69, 9.17) is 14.2 Å². The molecule has 0 N–H and O–H groups in total. The molecule has 1 aliphatic rings. The van der Waals surface area contributed by atoms with Gasteiger partial charge in [-0.3, -0.25) is 4.79 Å². The Hall–Kier alpha value is -3.06. The Labute approximate surface area is 166 Å². The summed E-state index contributed by atoms with van der Waals surface area (Å²) in [6.07, 6.45) is 2.02. The number of thiazole rings is 1. The highest BCUT2D eigenvalue weighted by Crippen LogP contribution is 2.37. The van der Waals surface area contributed by atoms with Gasteiger partial charge in [-0.15, -0.1) is 6.58 Å². The van der Waals surface area contributed by atoms with Gasteiger partial charge in [-0.25, -0.2) is 0 Å². The summed E-state index contributed by atoms with van der Waals surface area (Å²) < 4.78 is 19.1. The molecular weight excluding hydrogens is 376 g/mol. The highest BCUT2D eigenvalue weighted by molar-refractivity contribution is 7.16. The van der Waals surface area contributed by atoms with Gasteiger partial charge in [0.1, 0.15) is 5.75 Å². The topological polar surface area (TPSA) is 62.1 Å². The van der Waals surface area contributed by atoms with E-state index in [1.807, 2.05) is 41.8 Å². The van der Waals surface area contributed by atoms with Crippen LogP contribution in [0.3, 0.4) is 0 Å². The SMILES string of the molecule is C=CCn1c(=NC(=O)Cc2ccc(OC)c(C)c2)sc2cc3c(cc21)OCO3. The largest absolute Gasteiger partial charge is 0.496 e. The number of nitrogens with zero attached hydrogens (tertiary/aromatic N) is 2. The summed E-state index contributed by atoms with van der Waals surface area (Å²) >= 11 is 1.45. The molecule has 6 nitrogen and oxygen atoms in total. The molecule has 4 rings (SSSR count). The quantitative estimate of drug-likeness (QED) is 0.618. The average molecular weight is 396 g/mol. The minimum absolute atomic E-state index is 0.200. The second-order valence-electron chi connectivity index (χ2n) is 6.44. The molecule has 1 amide bonds. The Bertz CT molecular complexity index is 1140. The standard InChI is InChI=1S/C21H20N2O4S/c1-4-7-23-15-10-17-18(27-12-26-17)11-19(15)28-21(23)22-20(24)9-14-5-6-16(25-3)13(2)8-14/h4-6,8,10-11H,1,7,9,12H2,2-3H3. The van der Waals surface area contributed by atoms with E-state index in [0.29, 0.717) is 22.8 Å². The van der Waals surface area contributed by atoms with Crippen LogP contribution in [-0.2, 0) is 17.8 Å². The smallest absolute Gasteiger partial charge is 0.252 e. The molecule has 1 aliphatic heterocycles. The number of hydrogen-bond acceptors (Lipinski definition) is 5. The fraction of sp³-hybridized carbons (Fsp3) is 0.238. The molecule has 0 saturated carbocycles. The first-order valence-electron chi connectivity index (χ1n) is 8.84. The number of allylic oxidation sites excluding steroid dienone is 1. The van der Waals surface area contributed by atoms with Crippen LogP contribution < -0.4 is 19.0 Å². The first-order valence-corrected chi connectivity index (χ1v) is 9.65. The molecule has 2 heterocycles. The number of aromatic nitrogens is 1. The molecule has 0 unspecified atom stereocenters. The van der Waals surface area contributed by atoms with E-state index in [2.05, 4.69) is 11.6 Å². The molecule has 2 aromatic carbocycles. The van der Waals surface area contributed by atoms with Crippen LogP contribution in [0, 0.1) is 6.92 Å². The van der Waals surface area contributed by atoms with E-state index >= 15 is 0 Å². The number of benzene rings is 2. The summed E-state index contributed by atoms with van der Waals surface area (Å²) in [5.41, 5.74) is 2.84. The fourth-order valence-corrected chi connectivity index (χ4v) is 4.29. The third-order valence-corrected chi connectivity index (χ3v) is 5.56. The molecule has 0 atom stereocenters. The zero-order chi connectivity index (χ0) is 19.7. The first-order chi connectivity index (χ1) is 13.6. The van der Waals surface area contributed by atoms with Gasteiger partial charge < -0.3 is 18.8 Å². The Balaban J connectivity index is 1.70. The van der Waals surface area contributed by atoms with Gasteiger partial charge in [-0.2, -0.15) is 4.99 Å². The number of ether oxygens (including phenoxy) is 3. The van der Waals surface area contributed by atoms with Crippen molar-refractivity contribution in [2.75, 3.05) is 13.9 Å². The number of carbonyl (C=O) groups is 1. The Morgan fingerprint density at radius 1 is 1.32 bits per heavy atom. The normalized spacial score (nSPS) is 13.1. The second kappa shape index (κ2) is 7.52. The number of fused-ring (bicyclic) bond motifs is 2. The Morgan fingerprint density at radius 2 is 2.11 bits per heavy atom. The van der Waals surface area contributed by atoms with Crippen molar-refractivity contribution in [3.63, 3.8) is 0 Å². The van der Waals surface area contributed by atoms with Crippen molar-refractivity contribution >= 4 is 27.5 Å². The van der Waals surface area contributed by atoms with Crippen LogP contribution in [0.1, 0.15) is 11.1 Å². The summed E-state index contributed by atoms with van der Waals surface area (Å²) in [4.78, 5) is 17.6.